The zero-order valence-electron chi connectivity index (χ0n) is 14.6. The van der Waals surface area contributed by atoms with Gasteiger partial charge in [0.25, 0.3) is 5.91 Å². The number of carbonyl (C=O) groups excluding carboxylic acids is 2. The van der Waals surface area contributed by atoms with E-state index in [-0.39, 0.29) is 5.91 Å². The van der Waals surface area contributed by atoms with Gasteiger partial charge in [0, 0.05) is 19.2 Å². The Morgan fingerprint density at radius 3 is 2.48 bits per heavy atom. The van der Waals surface area contributed by atoms with Crippen molar-refractivity contribution in [3.05, 3.63) is 28.8 Å². The lowest BCUT2D eigenvalue weighted by Crippen LogP contribution is -2.37. The molecule has 1 aromatic carbocycles. The Bertz CT molecular complexity index is 668. The predicted molar refractivity (Wildman–Crippen MR) is 95.0 cm³/mol. The summed E-state index contributed by atoms with van der Waals surface area (Å²) in [4.78, 5) is 25.8. The Labute approximate surface area is 152 Å². The molecule has 0 bridgehead atoms. The van der Waals surface area contributed by atoms with Gasteiger partial charge in [0.05, 0.1) is 19.2 Å². The van der Waals surface area contributed by atoms with Crippen molar-refractivity contribution < 1.29 is 23.8 Å². The summed E-state index contributed by atoms with van der Waals surface area (Å²) in [5.41, 5.74) is 0.651. The van der Waals surface area contributed by atoms with Crippen LogP contribution in [0.2, 0.25) is 5.02 Å². The molecule has 1 unspecified atom stereocenters. The summed E-state index contributed by atoms with van der Waals surface area (Å²) in [6, 6.07) is 3.33. The number of amides is 1. The molecule has 1 aromatic rings. The van der Waals surface area contributed by atoms with E-state index in [0.29, 0.717) is 22.1 Å². The SMILES string of the molecule is COc1cc(/C=C/C(=O)OC(C)C(=O)N2CCCC2)cc(Cl)c1OC. The van der Waals surface area contributed by atoms with Crippen LogP contribution in [0.25, 0.3) is 6.08 Å². The summed E-state index contributed by atoms with van der Waals surface area (Å²) in [5.74, 6) is 0.133. The molecule has 0 aliphatic carbocycles. The first-order chi connectivity index (χ1) is 12.0. The van der Waals surface area contributed by atoms with Gasteiger partial charge in [-0.1, -0.05) is 11.6 Å². The molecule has 0 spiro atoms. The maximum Gasteiger partial charge on any atom is 0.331 e. The van der Waals surface area contributed by atoms with Gasteiger partial charge in [-0.25, -0.2) is 4.79 Å². The van der Waals surface area contributed by atoms with Gasteiger partial charge < -0.3 is 19.1 Å². The number of nitrogens with zero attached hydrogens (tertiary/aromatic N) is 1. The van der Waals surface area contributed by atoms with Crippen LogP contribution >= 0.6 is 11.6 Å². The third-order valence-corrected chi connectivity index (χ3v) is 4.21. The average molecular weight is 368 g/mol. The second kappa shape index (κ2) is 8.76. The van der Waals surface area contributed by atoms with Gasteiger partial charge in [-0.3, -0.25) is 4.79 Å². The van der Waals surface area contributed by atoms with Crippen LogP contribution < -0.4 is 9.47 Å². The topological polar surface area (TPSA) is 65.1 Å². The van der Waals surface area contributed by atoms with Gasteiger partial charge in [-0.2, -0.15) is 0 Å². The molecule has 1 aliphatic rings. The number of hydrogen-bond acceptors (Lipinski definition) is 5. The van der Waals surface area contributed by atoms with E-state index in [4.69, 9.17) is 25.8 Å². The zero-order valence-corrected chi connectivity index (χ0v) is 15.3. The van der Waals surface area contributed by atoms with E-state index in [0.717, 1.165) is 25.9 Å². The highest BCUT2D eigenvalue weighted by atomic mass is 35.5. The van der Waals surface area contributed by atoms with Crippen LogP contribution in [0.3, 0.4) is 0 Å². The molecule has 2 rings (SSSR count). The number of rotatable bonds is 6. The number of esters is 1. The molecule has 0 radical (unpaired) electrons. The molecule has 1 atom stereocenters. The van der Waals surface area contributed by atoms with Gasteiger partial charge in [-0.05, 0) is 43.5 Å². The predicted octanol–water partition coefficient (Wildman–Crippen LogP) is 2.92. The molecule has 1 aliphatic heterocycles. The Balaban J connectivity index is 2.00. The lowest BCUT2D eigenvalue weighted by Gasteiger charge is -2.19. The highest BCUT2D eigenvalue weighted by Crippen LogP contribution is 2.36. The standard InChI is InChI=1S/C18H22ClNO5/c1-12(18(22)20-8-4-5-9-20)25-16(21)7-6-13-10-14(19)17(24-3)15(11-13)23-2/h6-7,10-12H,4-5,8-9H2,1-3H3/b7-6+. The van der Waals surface area contributed by atoms with Gasteiger partial charge >= 0.3 is 5.97 Å². The van der Waals surface area contributed by atoms with Crippen LogP contribution in [-0.4, -0.2) is 50.2 Å². The quantitative estimate of drug-likeness (QED) is 0.571. The van der Waals surface area contributed by atoms with Crippen LogP contribution in [0.5, 0.6) is 11.5 Å². The third-order valence-electron chi connectivity index (χ3n) is 3.93. The Morgan fingerprint density at radius 1 is 1.20 bits per heavy atom. The molecule has 1 heterocycles. The summed E-state index contributed by atoms with van der Waals surface area (Å²) in [6.07, 6.45) is 3.98. The minimum absolute atomic E-state index is 0.159. The molecule has 0 N–H and O–H groups in total. The number of hydrogen-bond donors (Lipinski definition) is 0. The number of ether oxygens (including phenoxy) is 3. The van der Waals surface area contributed by atoms with Crippen LogP contribution in [-0.2, 0) is 14.3 Å². The van der Waals surface area contributed by atoms with Crippen molar-refractivity contribution in [2.24, 2.45) is 0 Å². The van der Waals surface area contributed by atoms with Crippen molar-refractivity contribution in [3.63, 3.8) is 0 Å². The minimum Gasteiger partial charge on any atom is -0.493 e. The smallest absolute Gasteiger partial charge is 0.331 e. The lowest BCUT2D eigenvalue weighted by molar-refractivity contribution is -0.154. The molecule has 25 heavy (non-hydrogen) atoms. The van der Waals surface area contributed by atoms with Crippen LogP contribution in [0.15, 0.2) is 18.2 Å². The molecule has 0 saturated carbocycles. The van der Waals surface area contributed by atoms with E-state index < -0.39 is 12.1 Å². The van der Waals surface area contributed by atoms with E-state index in [1.165, 1.54) is 20.3 Å². The van der Waals surface area contributed by atoms with Gasteiger partial charge in [0.2, 0.25) is 0 Å². The van der Waals surface area contributed by atoms with E-state index in [9.17, 15) is 9.59 Å². The fraction of sp³-hybridized carbons (Fsp3) is 0.444. The number of benzene rings is 1. The molecule has 136 valence electrons. The number of methoxy groups -OCH3 is 2. The maximum absolute atomic E-state index is 12.1. The normalized spacial score (nSPS) is 15.3. The molecule has 6 nitrogen and oxygen atoms in total. The highest BCUT2D eigenvalue weighted by Gasteiger charge is 2.25. The first-order valence-corrected chi connectivity index (χ1v) is 8.43. The number of likely N-dealkylation sites (tertiary alicyclic amines) is 1. The van der Waals surface area contributed by atoms with Gasteiger partial charge in [0.1, 0.15) is 0 Å². The molecule has 1 saturated heterocycles. The largest absolute Gasteiger partial charge is 0.493 e. The molecular formula is C18H22ClNO5. The van der Waals surface area contributed by atoms with Crippen molar-refractivity contribution in [2.45, 2.75) is 25.9 Å². The van der Waals surface area contributed by atoms with E-state index in [2.05, 4.69) is 0 Å². The van der Waals surface area contributed by atoms with Crippen LogP contribution in [0, 0.1) is 0 Å². The van der Waals surface area contributed by atoms with Crippen molar-refractivity contribution in [1.82, 2.24) is 4.90 Å². The van der Waals surface area contributed by atoms with Crippen LogP contribution in [0.4, 0.5) is 0 Å². The third kappa shape index (κ3) is 4.89. The first kappa shape index (κ1) is 19.1. The van der Waals surface area contributed by atoms with Crippen LogP contribution in [0.1, 0.15) is 25.3 Å². The van der Waals surface area contributed by atoms with Gasteiger partial charge in [-0.15, -0.1) is 0 Å². The summed E-state index contributed by atoms with van der Waals surface area (Å²) < 4.78 is 15.5. The minimum atomic E-state index is -0.802. The highest BCUT2D eigenvalue weighted by molar-refractivity contribution is 6.32. The second-order valence-electron chi connectivity index (χ2n) is 5.68. The Morgan fingerprint density at radius 2 is 1.88 bits per heavy atom. The zero-order chi connectivity index (χ0) is 18.4. The summed E-state index contributed by atoms with van der Waals surface area (Å²) in [5, 5.41) is 0.368. The van der Waals surface area contributed by atoms with Crippen molar-refractivity contribution in [3.8, 4) is 11.5 Å². The fourth-order valence-electron chi connectivity index (χ4n) is 2.66. The molecule has 0 aromatic heterocycles. The van der Waals surface area contributed by atoms with Crippen molar-refractivity contribution >= 4 is 29.6 Å². The van der Waals surface area contributed by atoms with Crippen molar-refractivity contribution in [2.75, 3.05) is 27.3 Å². The summed E-state index contributed by atoms with van der Waals surface area (Å²) >= 11 is 6.12. The number of carbonyl (C=O) groups is 2. The molecule has 1 fully saturated rings. The second-order valence-corrected chi connectivity index (χ2v) is 6.09. The average Bonchev–Trinajstić information content (AvgIpc) is 3.13. The fourth-order valence-corrected chi connectivity index (χ4v) is 2.95. The summed E-state index contributed by atoms with van der Waals surface area (Å²) in [7, 11) is 3.00. The molecular weight excluding hydrogens is 346 g/mol. The van der Waals surface area contributed by atoms with Crippen molar-refractivity contribution in [1.29, 1.82) is 0 Å². The number of halogens is 1. The Hall–Kier alpha value is -2.21. The first-order valence-electron chi connectivity index (χ1n) is 8.05. The summed E-state index contributed by atoms with van der Waals surface area (Å²) in [6.45, 7) is 3.03. The molecule has 7 heteroatoms. The van der Waals surface area contributed by atoms with E-state index in [1.54, 1.807) is 30.0 Å². The Kier molecular flexibility index (Phi) is 6.70. The van der Waals surface area contributed by atoms with Gasteiger partial charge in [0.15, 0.2) is 17.6 Å². The lowest BCUT2D eigenvalue weighted by atomic mass is 10.2. The van der Waals surface area contributed by atoms with E-state index in [1.807, 2.05) is 0 Å². The van der Waals surface area contributed by atoms with E-state index >= 15 is 0 Å². The monoisotopic (exact) mass is 367 g/mol. The molecule has 1 amide bonds. The maximum atomic E-state index is 12.1.